The van der Waals surface area contributed by atoms with Gasteiger partial charge in [0.1, 0.15) is 5.69 Å². The zero-order valence-corrected chi connectivity index (χ0v) is 14.2. The molecule has 1 aliphatic carbocycles. The molecular weight excluding hydrogens is 337 g/mol. The molecule has 1 N–H and O–H groups in total. The lowest BCUT2D eigenvalue weighted by atomic mass is 9.78. The molecule has 2 heterocycles. The first kappa shape index (κ1) is 18.0. The normalized spacial score (nSPS) is 22.7. The first-order valence-electron chi connectivity index (χ1n) is 8.30. The first-order chi connectivity index (χ1) is 11.7. The highest BCUT2D eigenvalue weighted by Gasteiger charge is 2.40. The van der Waals surface area contributed by atoms with E-state index in [0.29, 0.717) is 19.0 Å². The number of hydrogen-bond donors (Lipinski definition) is 1. The summed E-state index contributed by atoms with van der Waals surface area (Å²) in [7, 11) is 0. The van der Waals surface area contributed by atoms with Gasteiger partial charge in [0.05, 0.1) is 6.61 Å². The van der Waals surface area contributed by atoms with Gasteiger partial charge in [-0.15, -0.1) is 13.2 Å². The molecule has 3 rings (SSSR count). The van der Waals surface area contributed by atoms with Crippen molar-refractivity contribution in [3.05, 3.63) is 17.8 Å². The van der Waals surface area contributed by atoms with E-state index in [0.717, 1.165) is 18.9 Å². The van der Waals surface area contributed by atoms with E-state index < -0.39 is 12.1 Å². The summed E-state index contributed by atoms with van der Waals surface area (Å²) in [4.78, 5) is 16.8. The molecule has 2 fully saturated rings. The highest BCUT2D eigenvalue weighted by molar-refractivity contribution is 5.97. The summed E-state index contributed by atoms with van der Waals surface area (Å²) >= 11 is 0. The topological polar surface area (TPSA) is 60.5 Å². The monoisotopic (exact) mass is 358 g/mol. The van der Waals surface area contributed by atoms with Crippen molar-refractivity contribution in [1.29, 1.82) is 0 Å². The van der Waals surface area contributed by atoms with Gasteiger partial charge in [-0.3, -0.25) is 4.79 Å². The van der Waals surface area contributed by atoms with Crippen LogP contribution >= 0.6 is 0 Å². The van der Waals surface area contributed by atoms with Gasteiger partial charge < -0.3 is 14.8 Å². The highest BCUT2D eigenvalue weighted by Crippen LogP contribution is 2.36. The van der Waals surface area contributed by atoms with Crippen LogP contribution in [0.4, 0.5) is 13.2 Å². The number of nitrogens with one attached hydrogen (secondary N) is 1. The second-order valence-corrected chi connectivity index (χ2v) is 7.34. The molecule has 8 heteroatoms. The summed E-state index contributed by atoms with van der Waals surface area (Å²) in [6, 6.07) is 2.37. The molecule has 2 aliphatic rings. The number of aromatic nitrogens is 1. The number of alkyl halides is 3. The van der Waals surface area contributed by atoms with Crippen LogP contribution in [0.5, 0.6) is 11.6 Å². The van der Waals surface area contributed by atoms with Crippen LogP contribution in [-0.2, 0) is 0 Å². The fourth-order valence-corrected chi connectivity index (χ4v) is 2.92. The zero-order chi connectivity index (χ0) is 18.2. The minimum atomic E-state index is -4.84. The fourth-order valence-electron chi connectivity index (χ4n) is 2.92. The first-order valence-corrected chi connectivity index (χ1v) is 8.30. The molecule has 1 aliphatic heterocycles. The minimum Gasteiger partial charge on any atom is -0.475 e. The third kappa shape index (κ3) is 4.42. The van der Waals surface area contributed by atoms with Crippen LogP contribution in [0.15, 0.2) is 12.1 Å². The Labute approximate surface area is 143 Å². The molecule has 5 nitrogen and oxygen atoms in total. The van der Waals surface area contributed by atoms with E-state index >= 15 is 0 Å². The number of nitrogens with zero attached hydrogens (tertiary/aromatic N) is 1. The third-order valence-corrected chi connectivity index (χ3v) is 4.65. The lowest BCUT2D eigenvalue weighted by Gasteiger charge is -2.24. The Bertz CT molecular complexity index is 657. The van der Waals surface area contributed by atoms with Crippen LogP contribution in [0.1, 0.15) is 37.2 Å². The number of carbonyl (C=O) groups is 1. The van der Waals surface area contributed by atoms with Crippen molar-refractivity contribution in [3.63, 3.8) is 0 Å². The maximum absolute atomic E-state index is 12.7. The number of hydrogen-bond acceptors (Lipinski definition) is 5. The molecule has 0 spiro atoms. The number of carbonyl (C=O) groups excluding carboxylic acids is 1. The number of ether oxygens (including phenoxy) is 2. The molecular formula is C17H21F3N2O3. The molecule has 138 valence electrons. The van der Waals surface area contributed by atoms with Crippen molar-refractivity contribution in [1.82, 2.24) is 10.3 Å². The van der Waals surface area contributed by atoms with E-state index in [1.54, 1.807) is 0 Å². The molecule has 1 saturated heterocycles. The molecule has 1 atom stereocenters. The van der Waals surface area contributed by atoms with Gasteiger partial charge in [-0.05, 0) is 36.3 Å². The van der Waals surface area contributed by atoms with Gasteiger partial charge in [-0.2, -0.15) is 0 Å². The average molecular weight is 358 g/mol. The predicted octanol–water partition coefficient (Wildman–Crippen LogP) is 3.20. The average Bonchev–Trinajstić information content (AvgIpc) is 3.26. The van der Waals surface area contributed by atoms with Gasteiger partial charge in [0.15, 0.2) is 11.5 Å². The maximum atomic E-state index is 12.7. The molecule has 0 amide bonds. The Hall–Kier alpha value is -1.83. The number of halogens is 3. The van der Waals surface area contributed by atoms with Crippen LogP contribution in [0.2, 0.25) is 0 Å². The molecule has 0 aromatic carbocycles. The summed E-state index contributed by atoms with van der Waals surface area (Å²) in [5.41, 5.74) is -0.142. The van der Waals surface area contributed by atoms with Crippen molar-refractivity contribution in [3.8, 4) is 11.6 Å². The number of Topliss-reactive ketones (excluding diaryl/α,β-unsaturated/α-hetero) is 1. The summed E-state index contributed by atoms with van der Waals surface area (Å²) in [5.74, 6) is -0.958. The summed E-state index contributed by atoms with van der Waals surface area (Å²) in [6.07, 6.45) is -2.88. The number of rotatable bonds is 6. The van der Waals surface area contributed by atoms with E-state index in [1.807, 2.05) is 13.8 Å². The van der Waals surface area contributed by atoms with Crippen molar-refractivity contribution in [2.45, 2.75) is 33.1 Å². The largest absolute Gasteiger partial charge is 0.573 e. The van der Waals surface area contributed by atoms with E-state index in [-0.39, 0.29) is 35.3 Å². The van der Waals surface area contributed by atoms with Crippen LogP contribution in [0.25, 0.3) is 0 Å². The molecule has 25 heavy (non-hydrogen) atoms. The van der Waals surface area contributed by atoms with Gasteiger partial charge >= 0.3 is 6.36 Å². The quantitative estimate of drug-likeness (QED) is 0.792. The SMILES string of the molecule is CC1(C)CNCC1C(=O)c1ccc(OC(F)(F)F)c(OCC2CC2)n1. The van der Waals surface area contributed by atoms with Crippen LogP contribution < -0.4 is 14.8 Å². The van der Waals surface area contributed by atoms with Crippen molar-refractivity contribution in [2.24, 2.45) is 17.3 Å². The fraction of sp³-hybridized carbons (Fsp3) is 0.647. The highest BCUT2D eigenvalue weighted by atomic mass is 19.4. The molecule has 1 saturated carbocycles. The molecule has 0 bridgehead atoms. The lowest BCUT2D eigenvalue weighted by Crippen LogP contribution is -2.30. The predicted molar refractivity (Wildman–Crippen MR) is 83.6 cm³/mol. The Morgan fingerprint density at radius 1 is 1.36 bits per heavy atom. The Balaban J connectivity index is 1.84. The maximum Gasteiger partial charge on any atom is 0.573 e. The van der Waals surface area contributed by atoms with E-state index in [9.17, 15) is 18.0 Å². The minimum absolute atomic E-state index is 0.0992. The standard InChI is InChI=1S/C17H21F3N2O3/c1-16(2)9-21-7-11(16)14(23)12-5-6-13(25-17(18,19)20)15(22-12)24-8-10-3-4-10/h5-6,10-11,21H,3-4,7-9H2,1-2H3. The van der Waals surface area contributed by atoms with Crippen molar-refractivity contribution >= 4 is 5.78 Å². The number of ketones is 1. The molecule has 0 radical (unpaired) electrons. The summed E-state index contributed by atoms with van der Waals surface area (Å²) < 4.78 is 47.1. The smallest absolute Gasteiger partial charge is 0.475 e. The zero-order valence-electron chi connectivity index (χ0n) is 14.2. The van der Waals surface area contributed by atoms with Gasteiger partial charge in [-0.1, -0.05) is 13.8 Å². The Kier molecular flexibility index (Phi) is 4.66. The van der Waals surface area contributed by atoms with Gasteiger partial charge in [-0.25, -0.2) is 4.98 Å². The van der Waals surface area contributed by atoms with Crippen LogP contribution in [-0.4, -0.2) is 36.8 Å². The summed E-state index contributed by atoms with van der Waals surface area (Å²) in [5, 5.41) is 3.17. The van der Waals surface area contributed by atoms with Crippen molar-refractivity contribution < 1.29 is 27.4 Å². The van der Waals surface area contributed by atoms with Crippen LogP contribution in [0, 0.1) is 17.3 Å². The van der Waals surface area contributed by atoms with Gasteiger partial charge in [0, 0.05) is 19.0 Å². The Morgan fingerprint density at radius 3 is 2.64 bits per heavy atom. The third-order valence-electron chi connectivity index (χ3n) is 4.65. The van der Waals surface area contributed by atoms with Gasteiger partial charge in [0.25, 0.3) is 5.88 Å². The van der Waals surface area contributed by atoms with E-state index in [2.05, 4.69) is 15.0 Å². The Morgan fingerprint density at radius 2 is 2.08 bits per heavy atom. The van der Waals surface area contributed by atoms with Crippen molar-refractivity contribution in [2.75, 3.05) is 19.7 Å². The lowest BCUT2D eigenvalue weighted by molar-refractivity contribution is -0.275. The van der Waals surface area contributed by atoms with E-state index in [1.165, 1.54) is 6.07 Å². The molecule has 1 aromatic heterocycles. The molecule has 1 unspecified atom stereocenters. The van der Waals surface area contributed by atoms with Gasteiger partial charge in [0.2, 0.25) is 0 Å². The second-order valence-electron chi connectivity index (χ2n) is 7.34. The second kappa shape index (κ2) is 6.48. The number of pyridine rings is 1. The van der Waals surface area contributed by atoms with Crippen LogP contribution in [0.3, 0.4) is 0 Å². The summed E-state index contributed by atoms with van der Waals surface area (Å²) in [6.45, 7) is 5.44. The molecule has 1 aromatic rings. The van der Waals surface area contributed by atoms with E-state index in [4.69, 9.17) is 4.74 Å².